The lowest BCUT2D eigenvalue weighted by Gasteiger charge is -2.09. The highest BCUT2D eigenvalue weighted by Gasteiger charge is 2.15. The molecule has 0 aliphatic rings. The molecule has 0 fully saturated rings. The molecule has 0 spiro atoms. The number of benzene rings is 1. The Morgan fingerprint density at radius 2 is 2.06 bits per heavy atom. The Balaban J connectivity index is 2.61. The third-order valence-corrected chi connectivity index (χ3v) is 2.82. The number of esters is 2. The number of carbonyl (C=O) groups is 2. The summed E-state index contributed by atoms with van der Waals surface area (Å²) in [4.78, 5) is 22.9. The number of halogens is 1. The summed E-state index contributed by atoms with van der Waals surface area (Å²) in [6, 6.07) is 4.83. The number of ether oxygens (including phenoxy) is 2. The van der Waals surface area contributed by atoms with E-state index in [0.717, 1.165) is 0 Å². The first-order valence-corrected chi connectivity index (χ1v) is 6.11. The number of nitrogen functional groups attached to an aromatic ring is 1. The van der Waals surface area contributed by atoms with Gasteiger partial charge in [0.2, 0.25) is 0 Å². The first-order chi connectivity index (χ1) is 8.41. The van der Waals surface area contributed by atoms with Crippen LogP contribution in [0, 0.1) is 0 Å². The van der Waals surface area contributed by atoms with Gasteiger partial charge in [0, 0.05) is 5.69 Å². The van der Waals surface area contributed by atoms with Crippen LogP contribution in [0.4, 0.5) is 5.69 Å². The van der Waals surface area contributed by atoms with Crippen LogP contribution in [0.5, 0.6) is 0 Å². The van der Waals surface area contributed by atoms with Gasteiger partial charge in [-0.05, 0) is 41.9 Å². The van der Waals surface area contributed by atoms with Gasteiger partial charge in [0.1, 0.15) is 0 Å². The highest BCUT2D eigenvalue weighted by atomic mass is 79.9. The van der Waals surface area contributed by atoms with Gasteiger partial charge in [0.05, 0.1) is 16.1 Å². The Labute approximate surface area is 113 Å². The molecule has 0 aliphatic carbocycles. The van der Waals surface area contributed by atoms with E-state index in [1.165, 1.54) is 0 Å². The van der Waals surface area contributed by atoms with Gasteiger partial charge in [-0.1, -0.05) is 6.07 Å². The molecule has 6 heteroatoms. The van der Waals surface area contributed by atoms with E-state index in [1.54, 1.807) is 32.0 Å². The van der Waals surface area contributed by atoms with Crippen molar-refractivity contribution in [1.29, 1.82) is 0 Å². The van der Waals surface area contributed by atoms with Gasteiger partial charge < -0.3 is 15.2 Å². The van der Waals surface area contributed by atoms with Crippen molar-refractivity contribution in [2.45, 2.75) is 20.0 Å². The second-order valence-corrected chi connectivity index (χ2v) is 4.62. The summed E-state index contributed by atoms with van der Waals surface area (Å²) in [5, 5.41) is 0. The predicted molar refractivity (Wildman–Crippen MR) is 70.1 cm³/mol. The molecule has 0 saturated heterocycles. The molecule has 5 nitrogen and oxygen atoms in total. The monoisotopic (exact) mass is 315 g/mol. The Bertz CT molecular complexity index is 459. The van der Waals surface area contributed by atoms with Gasteiger partial charge >= 0.3 is 11.9 Å². The summed E-state index contributed by atoms with van der Waals surface area (Å²) < 4.78 is 10.1. The van der Waals surface area contributed by atoms with Gasteiger partial charge in [-0.25, -0.2) is 9.59 Å². The topological polar surface area (TPSA) is 78.6 Å². The molecule has 0 saturated carbocycles. The zero-order chi connectivity index (χ0) is 13.7. The lowest BCUT2D eigenvalue weighted by atomic mass is 10.2. The molecule has 0 heterocycles. The minimum absolute atomic E-state index is 0.240. The fourth-order valence-corrected chi connectivity index (χ4v) is 1.63. The summed E-state index contributed by atoms with van der Waals surface area (Å²) in [7, 11) is 0. The van der Waals surface area contributed by atoms with Crippen LogP contribution < -0.4 is 5.73 Å². The molecule has 2 N–H and O–H groups in total. The minimum atomic E-state index is -0.630. The van der Waals surface area contributed by atoms with Crippen LogP contribution in [0.2, 0.25) is 0 Å². The summed E-state index contributed by atoms with van der Waals surface area (Å²) in [6.45, 7) is 3.01. The normalized spacial score (nSPS) is 10.2. The molecule has 0 unspecified atom stereocenters. The second-order valence-electron chi connectivity index (χ2n) is 3.82. The van der Waals surface area contributed by atoms with Crippen molar-refractivity contribution in [1.82, 2.24) is 0 Å². The molecule has 98 valence electrons. The smallest absolute Gasteiger partial charge is 0.344 e. The lowest BCUT2D eigenvalue weighted by molar-refractivity contribution is -0.150. The van der Waals surface area contributed by atoms with Crippen molar-refractivity contribution >= 4 is 33.6 Å². The molecule has 18 heavy (non-hydrogen) atoms. The fraction of sp³-hybridized carbons (Fsp3) is 0.333. The second kappa shape index (κ2) is 6.39. The van der Waals surface area contributed by atoms with Crippen LogP contribution in [0.15, 0.2) is 22.7 Å². The Kier molecular flexibility index (Phi) is 5.15. The van der Waals surface area contributed by atoms with Gasteiger partial charge in [0.15, 0.2) is 6.61 Å². The molecule has 0 amide bonds. The van der Waals surface area contributed by atoms with Crippen LogP contribution in [-0.2, 0) is 14.3 Å². The summed E-state index contributed by atoms with van der Waals surface area (Å²) >= 11 is 3.19. The molecule has 1 rings (SSSR count). The first kappa shape index (κ1) is 14.5. The number of hydrogen-bond acceptors (Lipinski definition) is 5. The van der Waals surface area contributed by atoms with Crippen LogP contribution in [-0.4, -0.2) is 24.6 Å². The first-order valence-electron chi connectivity index (χ1n) is 5.32. The molecule has 0 radical (unpaired) electrons. The van der Waals surface area contributed by atoms with Crippen LogP contribution in [0.1, 0.15) is 24.2 Å². The Morgan fingerprint density at radius 1 is 1.39 bits per heavy atom. The molecular weight excluding hydrogens is 302 g/mol. The SMILES string of the molecule is CC(C)OC(=O)COC(=O)c1cccc(N)c1Br. The molecule has 1 aromatic rings. The van der Waals surface area contributed by atoms with Gasteiger partial charge in [-0.15, -0.1) is 0 Å². The number of hydrogen-bond donors (Lipinski definition) is 1. The maximum absolute atomic E-state index is 11.7. The molecule has 0 atom stereocenters. The van der Waals surface area contributed by atoms with Gasteiger partial charge in [-0.2, -0.15) is 0 Å². The molecule has 0 aliphatic heterocycles. The zero-order valence-corrected chi connectivity index (χ0v) is 11.7. The average Bonchev–Trinajstić information content (AvgIpc) is 2.29. The highest BCUT2D eigenvalue weighted by molar-refractivity contribution is 9.10. The van der Waals surface area contributed by atoms with E-state index in [9.17, 15) is 9.59 Å². The summed E-state index contributed by atoms with van der Waals surface area (Å²) in [6.07, 6.45) is -0.240. The number of carbonyl (C=O) groups excluding carboxylic acids is 2. The molecule has 1 aromatic carbocycles. The Morgan fingerprint density at radius 3 is 2.67 bits per heavy atom. The van der Waals surface area contributed by atoms with Crippen molar-refractivity contribution in [2.24, 2.45) is 0 Å². The summed E-state index contributed by atoms with van der Waals surface area (Å²) in [5.74, 6) is -1.21. The third-order valence-electron chi connectivity index (χ3n) is 1.94. The number of nitrogens with two attached hydrogens (primary N) is 1. The van der Waals surface area contributed by atoms with E-state index in [-0.39, 0.29) is 11.7 Å². The lowest BCUT2D eigenvalue weighted by Crippen LogP contribution is -2.19. The van der Waals surface area contributed by atoms with Crippen LogP contribution in [0.25, 0.3) is 0 Å². The van der Waals surface area contributed by atoms with E-state index in [4.69, 9.17) is 15.2 Å². The van der Waals surface area contributed by atoms with Crippen molar-refractivity contribution < 1.29 is 19.1 Å². The molecular formula is C12H14BrNO4. The van der Waals surface area contributed by atoms with Gasteiger partial charge in [-0.3, -0.25) is 0 Å². The largest absolute Gasteiger partial charge is 0.460 e. The predicted octanol–water partition coefficient (Wildman–Crippen LogP) is 2.14. The Hall–Kier alpha value is -1.56. The van der Waals surface area contributed by atoms with Crippen molar-refractivity contribution in [2.75, 3.05) is 12.3 Å². The highest BCUT2D eigenvalue weighted by Crippen LogP contribution is 2.24. The van der Waals surface area contributed by atoms with Crippen molar-refractivity contribution in [3.63, 3.8) is 0 Å². The summed E-state index contributed by atoms with van der Waals surface area (Å²) in [5.41, 5.74) is 6.33. The maximum atomic E-state index is 11.7. The standard InChI is InChI=1S/C12H14BrNO4/c1-7(2)18-10(15)6-17-12(16)8-4-3-5-9(14)11(8)13/h3-5,7H,6,14H2,1-2H3. The van der Waals surface area contributed by atoms with E-state index >= 15 is 0 Å². The van der Waals surface area contributed by atoms with Crippen LogP contribution in [0.3, 0.4) is 0 Å². The van der Waals surface area contributed by atoms with Crippen LogP contribution >= 0.6 is 15.9 Å². The van der Waals surface area contributed by atoms with E-state index in [0.29, 0.717) is 10.2 Å². The van der Waals surface area contributed by atoms with E-state index < -0.39 is 18.5 Å². The molecule has 0 bridgehead atoms. The van der Waals surface area contributed by atoms with E-state index in [2.05, 4.69) is 15.9 Å². The quantitative estimate of drug-likeness (QED) is 0.680. The van der Waals surface area contributed by atoms with Crippen molar-refractivity contribution in [3.05, 3.63) is 28.2 Å². The zero-order valence-electron chi connectivity index (χ0n) is 10.1. The average molecular weight is 316 g/mol. The van der Waals surface area contributed by atoms with Crippen molar-refractivity contribution in [3.8, 4) is 0 Å². The van der Waals surface area contributed by atoms with Gasteiger partial charge in [0.25, 0.3) is 0 Å². The third kappa shape index (κ3) is 4.03. The number of anilines is 1. The van der Waals surface area contributed by atoms with E-state index in [1.807, 2.05) is 0 Å². The fourth-order valence-electron chi connectivity index (χ4n) is 1.21. The number of rotatable bonds is 4. The molecule has 0 aromatic heterocycles. The maximum Gasteiger partial charge on any atom is 0.344 e. The minimum Gasteiger partial charge on any atom is -0.460 e.